The fourth-order valence-corrected chi connectivity index (χ4v) is 15.3. The Morgan fingerprint density at radius 1 is 0.289 bits per heavy atom. The van der Waals surface area contributed by atoms with E-state index in [2.05, 4.69) is 231 Å². The molecule has 4 heterocycles. The maximum absolute atomic E-state index is 6.71. The summed E-state index contributed by atoms with van der Waals surface area (Å²) in [4.78, 5) is 16.2. The summed E-state index contributed by atoms with van der Waals surface area (Å²) in [6.45, 7) is 0. The van der Waals surface area contributed by atoms with Crippen molar-refractivity contribution in [1.82, 2.24) is 15.0 Å². The first kappa shape index (κ1) is 42.1. The molecule has 0 fully saturated rings. The number of aromatic nitrogens is 3. The Hall–Kier alpha value is -9.33. The zero-order valence-corrected chi connectivity index (χ0v) is 42.2. The number of nitrogens with zero attached hydrogens (tertiary/aromatic N) is 3. The quantitative estimate of drug-likeness (QED) is 0.172. The molecule has 0 amide bonds. The number of fused-ring (bicyclic) bond motifs is 19. The van der Waals surface area contributed by atoms with E-state index in [1.165, 1.54) is 90.6 Å². The van der Waals surface area contributed by atoms with Gasteiger partial charge in [-0.15, -0.1) is 22.7 Å². The van der Waals surface area contributed by atoms with Crippen LogP contribution in [0.2, 0.25) is 0 Å². The summed E-state index contributed by atoms with van der Waals surface area (Å²) in [5, 5.41) is 6.82. The van der Waals surface area contributed by atoms with E-state index in [-0.39, 0.29) is 0 Å². The van der Waals surface area contributed by atoms with E-state index in [1.807, 2.05) is 6.07 Å². The molecule has 0 aliphatic heterocycles. The molecule has 0 saturated heterocycles. The van der Waals surface area contributed by atoms with Gasteiger partial charge in [0.05, 0.1) is 5.41 Å². The zero-order chi connectivity index (χ0) is 49.6. The molecule has 4 nitrogen and oxygen atoms in total. The minimum absolute atomic E-state index is 0.406. The predicted octanol–water partition coefficient (Wildman–Crippen LogP) is 19.2. The second-order valence-corrected chi connectivity index (χ2v) is 22.2. The third kappa shape index (κ3) is 5.85. The van der Waals surface area contributed by atoms with Crippen LogP contribution in [0.15, 0.2) is 241 Å². The summed E-state index contributed by atoms with van der Waals surface area (Å²) in [5.74, 6) is 1.85. The van der Waals surface area contributed by atoms with Crippen LogP contribution < -0.4 is 0 Å². The molecule has 0 saturated carbocycles. The first-order chi connectivity index (χ1) is 37.7. The topological polar surface area (TPSA) is 51.8 Å². The normalized spacial score (nSPS) is 13.1. The molecule has 4 aromatic heterocycles. The highest BCUT2D eigenvalue weighted by molar-refractivity contribution is 7.26. The molecule has 17 rings (SSSR count). The van der Waals surface area contributed by atoms with Crippen LogP contribution in [-0.4, -0.2) is 15.0 Å². The van der Waals surface area contributed by atoms with Crippen LogP contribution in [0.3, 0.4) is 0 Å². The van der Waals surface area contributed by atoms with Crippen LogP contribution in [-0.2, 0) is 5.41 Å². The van der Waals surface area contributed by atoms with Crippen molar-refractivity contribution >= 4 is 85.0 Å². The van der Waals surface area contributed by atoms with E-state index in [4.69, 9.17) is 19.4 Å². The standard InChI is InChI=1S/C70H39N3OS2/c1-6-25-54-45(17-1)46-18-2-7-26-55(46)70(54)56-27-8-3-20-49(56)64-44(22-12-28-57(64)70)42-16-11-15-40(37-42)41-34-36-58-53(38-41)65-51(23-13-29-59(65)74-58)68-71-67(43-33-35-48-47-19-4-9-30-60(47)76-63(48)39-43)72-69(73-68)52-24-14-32-62-66(52)50-21-5-10-31-61(50)75-62/h1-39H. The van der Waals surface area contributed by atoms with E-state index in [9.17, 15) is 0 Å². The first-order valence-electron chi connectivity index (χ1n) is 25.7. The Morgan fingerprint density at radius 3 is 1.62 bits per heavy atom. The van der Waals surface area contributed by atoms with Gasteiger partial charge in [-0.3, -0.25) is 0 Å². The van der Waals surface area contributed by atoms with E-state index < -0.39 is 5.41 Å². The largest absolute Gasteiger partial charge is 0.456 e. The van der Waals surface area contributed by atoms with Gasteiger partial charge in [0.1, 0.15) is 11.2 Å². The lowest BCUT2D eigenvalue weighted by Gasteiger charge is -2.30. The number of hydrogen-bond donors (Lipinski definition) is 0. The van der Waals surface area contributed by atoms with Gasteiger partial charge in [-0.05, 0) is 115 Å². The predicted molar refractivity (Wildman–Crippen MR) is 316 cm³/mol. The number of furan rings is 1. The van der Waals surface area contributed by atoms with Gasteiger partial charge >= 0.3 is 0 Å². The second kappa shape index (κ2) is 15.8. The molecule has 0 radical (unpaired) electrons. The van der Waals surface area contributed by atoms with Crippen LogP contribution in [0.5, 0.6) is 0 Å². The van der Waals surface area contributed by atoms with Crippen LogP contribution in [0.25, 0.3) is 141 Å². The monoisotopic (exact) mass is 1000 g/mol. The summed E-state index contributed by atoms with van der Waals surface area (Å²) in [6, 6.07) is 86.2. The SMILES string of the molecule is c1cc(-c2ccc3oc4cccc(-c5nc(-c6ccc7c(c6)sc6ccccc67)nc(-c6cccc7sc8ccccc8c67)n5)c4c3c2)cc(-c2cccc3c2-c2ccccc2C32c3ccccc3-c3ccccc32)c1. The van der Waals surface area contributed by atoms with Crippen molar-refractivity contribution in [3.63, 3.8) is 0 Å². The highest BCUT2D eigenvalue weighted by Gasteiger charge is 2.52. The molecule has 352 valence electrons. The average molecular weight is 1000 g/mol. The minimum atomic E-state index is -0.406. The molecule has 0 atom stereocenters. The van der Waals surface area contributed by atoms with Gasteiger partial charge in [0.15, 0.2) is 17.5 Å². The van der Waals surface area contributed by atoms with Crippen LogP contribution in [0.1, 0.15) is 22.3 Å². The molecule has 76 heavy (non-hydrogen) atoms. The molecular formula is C70H39N3OS2. The van der Waals surface area contributed by atoms with Crippen LogP contribution in [0.4, 0.5) is 0 Å². The van der Waals surface area contributed by atoms with Crippen molar-refractivity contribution in [2.45, 2.75) is 5.41 Å². The summed E-state index contributed by atoms with van der Waals surface area (Å²) >= 11 is 3.60. The van der Waals surface area contributed by atoms with Crippen molar-refractivity contribution in [2.75, 3.05) is 0 Å². The highest BCUT2D eigenvalue weighted by Crippen LogP contribution is 2.64. The fourth-order valence-electron chi connectivity index (χ4n) is 13.0. The van der Waals surface area contributed by atoms with E-state index in [0.717, 1.165) is 55.1 Å². The molecule has 0 bridgehead atoms. The molecule has 6 heteroatoms. The number of benzene rings is 11. The molecular weight excluding hydrogens is 963 g/mol. The molecule has 0 unspecified atom stereocenters. The highest BCUT2D eigenvalue weighted by atomic mass is 32.1. The number of rotatable bonds is 5. The van der Waals surface area contributed by atoms with Gasteiger partial charge in [0.2, 0.25) is 0 Å². The summed E-state index contributed by atoms with van der Waals surface area (Å²) in [7, 11) is 0. The summed E-state index contributed by atoms with van der Waals surface area (Å²) in [5.41, 5.74) is 19.2. The smallest absolute Gasteiger partial charge is 0.164 e. The van der Waals surface area contributed by atoms with E-state index in [1.54, 1.807) is 22.7 Å². The van der Waals surface area contributed by atoms with Gasteiger partial charge in [0.25, 0.3) is 0 Å². The van der Waals surface area contributed by atoms with E-state index in [0.29, 0.717) is 17.5 Å². The van der Waals surface area contributed by atoms with Crippen molar-refractivity contribution in [1.29, 1.82) is 0 Å². The maximum atomic E-state index is 6.71. The molecule has 2 aliphatic rings. The first-order valence-corrected chi connectivity index (χ1v) is 27.4. The lowest BCUT2D eigenvalue weighted by molar-refractivity contribution is 0.669. The molecule has 0 N–H and O–H groups in total. The van der Waals surface area contributed by atoms with Gasteiger partial charge in [-0.25, -0.2) is 15.0 Å². The average Bonchev–Trinajstić information content (AvgIpc) is 4.33. The van der Waals surface area contributed by atoms with Crippen molar-refractivity contribution in [3.05, 3.63) is 259 Å². The molecule has 11 aromatic carbocycles. The zero-order valence-electron chi connectivity index (χ0n) is 40.6. The maximum Gasteiger partial charge on any atom is 0.164 e. The molecule has 15 aromatic rings. The molecule has 2 aliphatic carbocycles. The van der Waals surface area contributed by atoms with Gasteiger partial charge in [-0.2, -0.15) is 0 Å². The second-order valence-electron chi connectivity index (χ2n) is 20.1. The summed E-state index contributed by atoms with van der Waals surface area (Å²) < 4.78 is 11.6. The number of hydrogen-bond acceptors (Lipinski definition) is 6. The third-order valence-corrected chi connectivity index (χ3v) is 18.4. The lowest BCUT2D eigenvalue weighted by Crippen LogP contribution is -2.25. The van der Waals surface area contributed by atoms with Gasteiger partial charge in [-0.1, -0.05) is 188 Å². The van der Waals surface area contributed by atoms with E-state index >= 15 is 0 Å². The Bertz CT molecular complexity index is 4930. The fraction of sp³-hybridized carbons (Fsp3) is 0.0143. The number of thiophene rings is 2. The van der Waals surface area contributed by atoms with Crippen LogP contribution in [0, 0.1) is 0 Å². The van der Waals surface area contributed by atoms with Gasteiger partial charge < -0.3 is 4.42 Å². The van der Waals surface area contributed by atoms with Crippen LogP contribution >= 0.6 is 22.7 Å². The Balaban J connectivity index is 0.833. The minimum Gasteiger partial charge on any atom is -0.456 e. The Labute approximate surface area is 444 Å². The Kier molecular flexibility index (Phi) is 8.77. The lowest BCUT2D eigenvalue weighted by atomic mass is 9.70. The Morgan fingerprint density at radius 2 is 0.816 bits per heavy atom. The summed E-state index contributed by atoms with van der Waals surface area (Å²) in [6.07, 6.45) is 0. The van der Waals surface area contributed by atoms with Crippen molar-refractivity contribution in [3.8, 4) is 78.7 Å². The van der Waals surface area contributed by atoms with Gasteiger partial charge in [0, 0.05) is 67.8 Å². The van der Waals surface area contributed by atoms with Crippen molar-refractivity contribution < 1.29 is 4.42 Å². The third-order valence-electron chi connectivity index (χ3n) is 16.2. The molecule has 1 spiro atoms. The van der Waals surface area contributed by atoms with Crippen molar-refractivity contribution in [2.24, 2.45) is 0 Å².